The lowest BCUT2D eigenvalue weighted by Crippen LogP contribution is -2.36. The highest BCUT2D eigenvalue weighted by atomic mass is 16.5. The van der Waals surface area contributed by atoms with Gasteiger partial charge in [-0.25, -0.2) is 4.99 Å². The molecule has 1 fully saturated rings. The van der Waals surface area contributed by atoms with Crippen LogP contribution in [0.25, 0.3) is 0 Å². The smallest absolute Gasteiger partial charge is 0.223 e. The van der Waals surface area contributed by atoms with Gasteiger partial charge in [0, 0.05) is 13.7 Å². The summed E-state index contributed by atoms with van der Waals surface area (Å²) in [5.41, 5.74) is 5.62. The lowest BCUT2D eigenvalue weighted by atomic mass is 10.2. The molecule has 1 rings (SSSR count). The number of ether oxygens (including phenoxy) is 1. The molecule has 96 valence electrons. The van der Waals surface area contributed by atoms with Crippen LogP contribution in [0.1, 0.15) is 12.8 Å². The predicted octanol–water partition coefficient (Wildman–Crippen LogP) is 0.558. The number of rotatable bonds is 2. The van der Waals surface area contributed by atoms with Crippen molar-refractivity contribution >= 4 is 18.6 Å². The van der Waals surface area contributed by atoms with Gasteiger partial charge >= 0.3 is 0 Å². The molecule has 0 aromatic rings. The van der Waals surface area contributed by atoms with Crippen molar-refractivity contribution < 1.29 is 4.74 Å². The van der Waals surface area contributed by atoms with Crippen molar-refractivity contribution in [2.75, 3.05) is 20.2 Å². The van der Waals surface area contributed by atoms with E-state index in [0.29, 0.717) is 18.5 Å². The summed E-state index contributed by atoms with van der Waals surface area (Å²) in [7, 11) is 1.60. The number of guanidine groups is 2. The first-order chi connectivity index (χ1) is 8.26. The molecule has 1 saturated heterocycles. The summed E-state index contributed by atoms with van der Waals surface area (Å²) in [6.07, 6.45) is 2.35. The summed E-state index contributed by atoms with van der Waals surface area (Å²) in [5, 5.41) is 2.73. The van der Waals surface area contributed by atoms with E-state index < -0.39 is 0 Å². The maximum atomic E-state index is 5.62. The summed E-state index contributed by atoms with van der Waals surface area (Å²) in [6.45, 7) is 10.7. The van der Waals surface area contributed by atoms with Crippen LogP contribution in [0.2, 0.25) is 0 Å². The molecule has 0 spiro atoms. The lowest BCUT2D eigenvalue weighted by molar-refractivity contribution is 0.118. The van der Waals surface area contributed by atoms with Gasteiger partial charge in [-0.3, -0.25) is 15.3 Å². The van der Waals surface area contributed by atoms with Crippen molar-refractivity contribution in [2.24, 2.45) is 20.7 Å². The fourth-order valence-corrected chi connectivity index (χ4v) is 1.31. The zero-order valence-corrected chi connectivity index (χ0v) is 10.4. The van der Waals surface area contributed by atoms with Crippen LogP contribution in [0.4, 0.5) is 0 Å². The number of nitrogens with two attached hydrogens (primary N) is 1. The number of hydrogen-bond acceptors (Lipinski definition) is 3. The van der Waals surface area contributed by atoms with Crippen LogP contribution in [-0.2, 0) is 4.74 Å². The fourth-order valence-electron chi connectivity index (χ4n) is 1.31. The first kappa shape index (κ1) is 15.3. The van der Waals surface area contributed by atoms with E-state index in [2.05, 4.69) is 40.2 Å². The number of aliphatic imine (C=N–C) groups is 3. The third-order valence-electron chi connectivity index (χ3n) is 2.09. The van der Waals surface area contributed by atoms with Gasteiger partial charge in [0.1, 0.15) is 0 Å². The van der Waals surface area contributed by atoms with Gasteiger partial charge in [-0.1, -0.05) is 0 Å². The number of nitrogens with zero attached hydrogens (tertiary/aromatic N) is 3. The first-order valence-corrected chi connectivity index (χ1v) is 5.38. The van der Waals surface area contributed by atoms with Crippen LogP contribution in [-0.4, -0.2) is 44.9 Å². The molecule has 17 heavy (non-hydrogen) atoms. The van der Waals surface area contributed by atoms with E-state index in [1.165, 1.54) is 0 Å². The summed E-state index contributed by atoms with van der Waals surface area (Å²) >= 11 is 0. The zero-order valence-electron chi connectivity index (χ0n) is 10.4. The Kier molecular flexibility index (Phi) is 8.58. The molecule has 1 unspecified atom stereocenters. The Morgan fingerprint density at radius 3 is 2.71 bits per heavy atom. The average molecular weight is 239 g/mol. The molecule has 1 aliphatic heterocycles. The van der Waals surface area contributed by atoms with Gasteiger partial charge in [0.05, 0.1) is 12.6 Å². The van der Waals surface area contributed by atoms with Crippen LogP contribution in [0.5, 0.6) is 0 Å². The largest absolute Gasteiger partial charge is 0.376 e. The van der Waals surface area contributed by atoms with E-state index in [-0.39, 0.29) is 6.10 Å². The van der Waals surface area contributed by atoms with Gasteiger partial charge < -0.3 is 10.5 Å². The summed E-state index contributed by atoms with van der Waals surface area (Å²) in [5.74, 6) is 0.655. The van der Waals surface area contributed by atoms with Gasteiger partial charge in [0.15, 0.2) is 5.96 Å². The van der Waals surface area contributed by atoms with Gasteiger partial charge in [-0.15, -0.1) is 13.2 Å². The van der Waals surface area contributed by atoms with E-state index in [9.17, 15) is 0 Å². The van der Waals surface area contributed by atoms with E-state index in [4.69, 9.17) is 10.5 Å². The first-order valence-electron chi connectivity index (χ1n) is 5.38. The van der Waals surface area contributed by atoms with Gasteiger partial charge in [0.2, 0.25) is 5.96 Å². The van der Waals surface area contributed by atoms with E-state index in [1.54, 1.807) is 7.05 Å². The minimum atomic E-state index is 0.198. The average Bonchev–Trinajstić information content (AvgIpc) is 2.89. The Hall–Kier alpha value is -1.69. The molecular weight excluding hydrogens is 218 g/mol. The Bertz CT molecular complexity index is 282. The van der Waals surface area contributed by atoms with Crippen LogP contribution in [0.15, 0.2) is 28.1 Å². The summed E-state index contributed by atoms with van der Waals surface area (Å²) < 4.78 is 5.40. The molecule has 1 atom stereocenters. The Labute approximate surface area is 102 Å². The van der Waals surface area contributed by atoms with Crippen LogP contribution >= 0.6 is 0 Å². The van der Waals surface area contributed by atoms with E-state index >= 15 is 0 Å². The van der Waals surface area contributed by atoms with Crippen molar-refractivity contribution in [3.63, 3.8) is 0 Å². The molecule has 0 bridgehead atoms. The predicted molar refractivity (Wildman–Crippen MR) is 72.8 cm³/mol. The second-order valence-electron chi connectivity index (χ2n) is 3.19. The third kappa shape index (κ3) is 6.47. The van der Waals surface area contributed by atoms with Crippen molar-refractivity contribution in [1.82, 2.24) is 5.32 Å². The minimum Gasteiger partial charge on any atom is -0.376 e. The minimum absolute atomic E-state index is 0.198. The zero-order chi connectivity index (χ0) is 13.1. The highest BCUT2D eigenvalue weighted by Crippen LogP contribution is 2.11. The molecule has 0 aromatic heterocycles. The molecular formula is C11H21N5O. The lowest BCUT2D eigenvalue weighted by Gasteiger charge is -2.07. The maximum absolute atomic E-state index is 5.62. The molecule has 6 nitrogen and oxygen atoms in total. The van der Waals surface area contributed by atoms with E-state index in [1.807, 2.05) is 0 Å². The van der Waals surface area contributed by atoms with E-state index in [0.717, 1.165) is 19.4 Å². The maximum Gasteiger partial charge on any atom is 0.223 e. The Morgan fingerprint density at radius 2 is 2.24 bits per heavy atom. The van der Waals surface area contributed by atoms with Gasteiger partial charge in [-0.2, -0.15) is 0 Å². The molecule has 1 aliphatic rings. The highest BCUT2D eigenvalue weighted by Gasteiger charge is 2.14. The van der Waals surface area contributed by atoms with Crippen LogP contribution in [0, 0.1) is 0 Å². The van der Waals surface area contributed by atoms with Gasteiger partial charge in [0.25, 0.3) is 0 Å². The quantitative estimate of drug-likeness (QED) is 0.419. The second kappa shape index (κ2) is 9.53. The Morgan fingerprint density at radius 1 is 1.53 bits per heavy atom. The molecule has 6 heteroatoms. The normalized spacial score (nSPS) is 20.4. The monoisotopic (exact) mass is 239 g/mol. The van der Waals surface area contributed by atoms with Crippen molar-refractivity contribution in [1.29, 1.82) is 0 Å². The van der Waals surface area contributed by atoms with Crippen LogP contribution in [0.3, 0.4) is 0 Å². The SMILES string of the molecule is C=C.C=NC(=NC)NC(N)=NCC1CCCO1. The molecule has 0 saturated carbocycles. The van der Waals surface area contributed by atoms with Crippen molar-refractivity contribution in [2.45, 2.75) is 18.9 Å². The molecule has 0 radical (unpaired) electrons. The number of hydrogen-bond donors (Lipinski definition) is 2. The molecule has 0 aliphatic carbocycles. The van der Waals surface area contributed by atoms with Crippen molar-refractivity contribution in [3.05, 3.63) is 13.2 Å². The van der Waals surface area contributed by atoms with Crippen LogP contribution < -0.4 is 11.1 Å². The highest BCUT2D eigenvalue weighted by molar-refractivity contribution is 5.99. The second-order valence-corrected chi connectivity index (χ2v) is 3.19. The molecule has 0 amide bonds. The Balaban J connectivity index is 0.00000121. The van der Waals surface area contributed by atoms with Crippen molar-refractivity contribution in [3.8, 4) is 0 Å². The number of nitrogens with one attached hydrogen (secondary N) is 1. The molecule has 1 heterocycles. The topological polar surface area (TPSA) is 84.4 Å². The molecule has 0 aromatic carbocycles. The standard InChI is InChI=1S/C9H17N5O.C2H4/c1-11-9(12-2)14-8(10)13-6-7-4-3-5-15-7;1-2/h7H,1,3-6H2,2H3,(H3,10,12,13,14);1-2H2. The summed E-state index contributed by atoms with van der Waals surface area (Å²) in [6, 6.07) is 0. The van der Waals surface area contributed by atoms with Gasteiger partial charge in [-0.05, 0) is 19.6 Å². The summed E-state index contributed by atoms with van der Waals surface area (Å²) in [4.78, 5) is 11.6. The third-order valence-corrected chi connectivity index (χ3v) is 2.09. The molecule has 3 N–H and O–H groups in total. The fraction of sp³-hybridized carbons (Fsp3) is 0.545.